The highest BCUT2D eigenvalue weighted by molar-refractivity contribution is 6.05. The fourth-order valence-corrected chi connectivity index (χ4v) is 3.23. The van der Waals surface area contributed by atoms with Gasteiger partial charge in [0, 0.05) is 36.8 Å². The number of amides is 2. The Bertz CT molecular complexity index is 1280. The number of nitrogens with one attached hydrogen (secondary N) is 1. The van der Waals surface area contributed by atoms with Gasteiger partial charge in [-0.15, -0.1) is 0 Å². The molecule has 4 rings (SSSR count). The number of ether oxygens (including phenoxy) is 2. The predicted molar refractivity (Wildman–Crippen MR) is 120 cm³/mol. The third kappa shape index (κ3) is 4.08. The van der Waals surface area contributed by atoms with Crippen molar-refractivity contribution in [2.75, 3.05) is 31.5 Å². The van der Waals surface area contributed by atoms with Crippen molar-refractivity contribution in [3.8, 4) is 17.0 Å². The van der Waals surface area contributed by atoms with Crippen LogP contribution >= 0.6 is 0 Å². The lowest BCUT2D eigenvalue weighted by atomic mass is 10.2. The van der Waals surface area contributed by atoms with Crippen LogP contribution in [-0.2, 0) is 4.74 Å². The number of rotatable bonds is 5. The molecule has 0 aliphatic rings. The normalized spacial score (nSPS) is 10.6. The van der Waals surface area contributed by atoms with Crippen LogP contribution in [-0.4, -0.2) is 47.6 Å². The number of anilines is 2. The third-order valence-electron chi connectivity index (χ3n) is 4.97. The number of carbonyl (C=O) groups is 2. The van der Waals surface area contributed by atoms with E-state index in [4.69, 9.17) is 4.74 Å². The molecule has 0 saturated carbocycles. The fraction of sp³-hybridized carbons (Fsp3) is 0.130. The summed E-state index contributed by atoms with van der Waals surface area (Å²) in [6.07, 6.45) is 4.48. The van der Waals surface area contributed by atoms with Gasteiger partial charge in [-0.25, -0.2) is 14.8 Å². The van der Waals surface area contributed by atoms with Crippen LogP contribution in [0.5, 0.6) is 5.75 Å². The summed E-state index contributed by atoms with van der Waals surface area (Å²) >= 11 is 0. The first-order chi connectivity index (χ1) is 15.5. The summed E-state index contributed by atoms with van der Waals surface area (Å²) in [5.41, 5.74) is 3.45. The van der Waals surface area contributed by atoms with Crippen LogP contribution in [0, 0.1) is 0 Å². The molecule has 0 fully saturated rings. The van der Waals surface area contributed by atoms with Crippen LogP contribution in [0.15, 0.2) is 67.1 Å². The van der Waals surface area contributed by atoms with Crippen molar-refractivity contribution in [1.29, 1.82) is 0 Å². The number of imidazole rings is 1. The molecule has 32 heavy (non-hydrogen) atoms. The fourth-order valence-electron chi connectivity index (χ4n) is 3.23. The van der Waals surface area contributed by atoms with Gasteiger partial charge in [0.15, 0.2) is 0 Å². The largest absolute Gasteiger partial charge is 0.497 e. The molecule has 0 radical (unpaired) electrons. The number of fused-ring (bicyclic) bond motifs is 1. The molecular weight excluding hydrogens is 410 g/mol. The average Bonchev–Trinajstić information content (AvgIpc) is 3.26. The quantitative estimate of drug-likeness (QED) is 0.515. The Kier molecular flexibility index (Phi) is 5.71. The smallest absolute Gasteiger partial charge is 0.412 e. The molecule has 3 heterocycles. The second-order valence-corrected chi connectivity index (χ2v) is 6.90. The van der Waals surface area contributed by atoms with Gasteiger partial charge < -0.3 is 14.4 Å². The predicted octanol–water partition coefficient (Wildman–Crippen LogP) is 3.86. The summed E-state index contributed by atoms with van der Waals surface area (Å²) in [5.74, 6) is 0.868. The Balaban J connectivity index is 1.64. The van der Waals surface area contributed by atoms with E-state index in [1.54, 1.807) is 68.0 Å². The van der Waals surface area contributed by atoms with Gasteiger partial charge in [0.25, 0.3) is 5.91 Å². The Morgan fingerprint density at radius 2 is 1.88 bits per heavy atom. The first kappa shape index (κ1) is 20.9. The van der Waals surface area contributed by atoms with E-state index in [9.17, 15) is 9.59 Å². The first-order valence-electron chi connectivity index (χ1n) is 9.71. The van der Waals surface area contributed by atoms with Crippen molar-refractivity contribution < 1.29 is 19.1 Å². The topological polar surface area (TPSA) is 98.1 Å². The van der Waals surface area contributed by atoms with Gasteiger partial charge in [-0.2, -0.15) is 0 Å². The van der Waals surface area contributed by atoms with Crippen LogP contribution in [0.3, 0.4) is 0 Å². The van der Waals surface area contributed by atoms with Crippen LogP contribution in [0.1, 0.15) is 10.4 Å². The summed E-state index contributed by atoms with van der Waals surface area (Å²) in [7, 11) is 4.59. The Hall–Kier alpha value is -4.40. The standard InChI is InChI=1S/C23H21N5O4/c1-27(17-5-4-6-18(11-17)31-2)22(29)16-8-10-21-25-13-19(28(21)14-16)15-7-9-20(24-12-15)26-23(30)32-3/h4-14H,1-3H3,(H,24,26,30). The number of nitrogens with zero attached hydrogens (tertiary/aromatic N) is 4. The molecule has 0 bridgehead atoms. The molecule has 0 spiro atoms. The number of methoxy groups -OCH3 is 2. The van der Waals surface area contributed by atoms with Gasteiger partial charge >= 0.3 is 6.09 Å². The molecule has 0 saturated heterocycles. The molecule has 0 atom stereocenters. The van der Waals surface area contributed by atoms with Gasteiger partial charge in [-0.3, -0.25) is 14.5 Å². The lowest BCUT2D eigenvalue weighted by Crippen LogP contribution is -2.26. The Labute approximate surface area is 184 Å². The zero-order chi connectivity index (χ0) is 22.7. The van der Waals surface area contributed by atoms with Crippen molar-refractivity contribution in [3.63, 3.8) is 0 Å². The van der Waals surface area contributed by atoms with Crippen molar-refractivity contribution in [1.82, 2.24) is 14.4 Å². The minimum atomic E-state index is -0.594. The molecule has 0 aliphatic carbocycles. The number of hydrogen-bond acceptors (Lipinski definition) is 6. The maximum Gasteiger partial charge on any atom is 0.412 e. The van der Waals surface area contributed by atoms with Crippen molar-refractivity contribution >= 4 is 29.2 Å². The van der Waals surface area contributed by atoms with Crippen LogP contribution in [0.4, 0.5) is 16.3 Å². The Morgan fingerprint density at radius 3 is 2.59 bits per heavy atom. The van der Waals surface area contributed by atoms with Crippen molar-refractivity contribution in [2.24, 2.45) is 0 Å². The number of pyridine rings is 2. The minimum absolute atomic E-state index is 0.171. The summed E-state index contributed by atoms with van der Waals surface area (Å²) < 4.78 is 11.6. The SMILES string of the molecule is COC(=O)Nc1ccc(-c2cnc3ccc(C(=O)N(C)c4cccc(OC)c4)cn23)cn1. The molecule has 3 aromatic heterocycles. The van der Waals surface area contributed by atoms with Gasteiger partial charge in [-0.1, -0.05) is 6.07 Å². The highest BCUT2D eigenvalue weighted by Gasteiger charge is 2.16. The van der Waals surface area contributed by atoms with E-state index in [-0.39, 0.29) is 5.91 Å². The molecule has 0 unspecified atom stereocenters. The van der Waals surface area contributed by atoms with E-state index < -0.39 is 6.09 Å². The van der Waals surface area contributed by atoms with Crippen molar-refractivity contribution in [3.05, 3.63) is 72.7 Å². The van der Waals surface area contributed by atoms with E-state index in [0.29, 0.717) is 22.8 Å². The molecule has 4 aromatic rings. The second kappa shape index (κ2) is 8.76. The van der Waals surface area contributed by atoms with Gasteiger partial charge in [0.1, 0.15) is 17.2 Å². The van der Waals surface area contributed by atoms with Gasteiger partial charge in [0.2, 0.25) is 0 Å². The molecule has 162 valence electrons. The maximum atomic E-state index is 13.1. The summed E-state index contributed by atoms with van der Waals surface area (Å²) in [6.45, 7) is 0. The molecule has 1 N–H and O–H groups in total. The molecule has 9 heteroatoms. The lowest BCUT2D eigenvalue weighted by molar-refractivity contribution is 0.0992. The molecule has 2 amide bonds. The second-order valence-electron chi connectivity index (χ2n) is 6.90. The molecule has 1 aromatic carbocycles. The van der Waals surface area contributed by atoms with E-state index in [1.807, 2.05) is 22.6 Å². The van der Waals surface area contributed by atoms with E-state index in [2.05, 4.69) is 20.0 Å². The van der Waals surface area contributed by atoms with Gasteiger partial charge in [-0.05, 0) is 36.4 Å². The number of aromatic nitrogens is 3. The first-order valence-corrected chi connectivity index (χ1v) is 9.71. The third-order valence-corrected chi connectivity index (χ3v) is 4.97. The van der Waals surface area contributed by atoms with Crippen LogP contribution in [0.2, 0.25) is 0 Å². The average molecular weight is 431 g/mol. The molecule has 9 nitrogen and oxygen atoms in total. The highest BCUT2D eigenvalue weighted by Crippen LogP contribution is 2.24. The summed E-state index contributed by atoms with van der Waals surface area (Å²) in [4.78, 5) is 34.7. The van der Waals surface area contributed by atoms with Crippen LogP contribution in [0.25, 0.3) is 16.9 Å². The lowest BCUT2D eigenvalue weighted by Gasteiger charge is -2.18. The number of benzene rings is 1. The van der Waals surface area contributed by atoms with E-state index in [1.165, 1.54) is 7.11 Å². The molecular formula is C23H21N5O4. The number of carbonyl (C=O) groups excluding carboxylic acids is 2. The van der Waals surface area contributed by atoms with Gasteiger partial charge in [0.05, 0.1) is 31.7 Å². The van der Waals surface area contributed by atoms with E-state index in [0.717, 1.165) is 16.9 Å². The van der Waals surface area contributed by atoms with Crippen molar-refractivity contribution in [2.45, 2.75) is 0 Å². The van der Waals surface area contributed by atoms with E-state index >= 15 is 0 Å². The zero-order valence-corrected chi connectivity index (χ0v) is 17.8. The van der Waals surface area contributed by atoms with Crippen LogP contribution < -0.4 is 15.0 Å². The maximum absolute atomic E-state index is 13.1. The summed E-state index contributed by atoms with van der Waals surface area (Å²) in [6, 6.07) is 14.3. The monoisotopic (exact) mass is 431 g/mol. The Morgan fingerprint density at radius 1 is 1.03 bits per heavy atom. The highest BCUT2D eigenvalue weighted by atomic mass is 16.5. The minimum Gasteiger partial charge on any atom is -0.497 e. The molecule has 0 aliphatic heterocycles. The number of hydrogen-bond donors (Lipinski definition) is 1. The zero-order valence-electron chi connectivity index (χ0n) is 17.8. The summed E-state index contributed by atoms with van der Waals surface area (Å²) in [5, 5.41) is 2.51.